The molecule has 0 bridgehead atoms. The number of aromatic nitrogens is 1. The Balaban J connectivity index is 2.23. The molecule has 0 radical (unpaired) electrons. The summed E-state index contributed by atoms with van der Waals surface area (Å²) in [6.45, 7) is 3.47. The number of sulfonamides is 1. The number of thiazole rings is 1. The van der Waals surface area contributed by atoms with Gasteiger partial charge in [0.15, 0.2) is 5.13 Å². The Bertz CT molecular complexity index is 661. The number of aliphatic hydroxyl groups excluding tert-OH is 1. The fraction of sp³-hybridized carbons (Fsp3) is 0.250. The Morgan fingerprint density at radius 1 is 1.32 bits per heavy atom. The number of aliphatic hydroxyl groups is 1. The van der Waals surface area contributed by atoms with E-state index in [9.17, 15) is 13.5 Å². The molecular weight excluding hydrogens is 284 g/mol. The minimum Gasteiger partial charge on any atom is -0.387 e. The van der Waals surface area contributed by atoms with Gasteiger partial charge in [-0.2, -0.15) is 0 Å². The molecule has 1 atom stereocenters. The number of benzene rings is 1. The van der Waals surface area contributed by atoms with E-state index < -0.39 is 16.1 Å². The van der Waals surface area contributed by atoms with Crippen LogP contribution in [0, 0.1) is 6.92 Å². The second-order valence-electron chi connectivity index (χ2n) is 4.17. The molecule has 0 aliphatic rings. The van der Waals surface area contributed by atoms with Crippen molar-refractivity contribution in [2.75, 3.05) is 4.72 Å². The van der Waals surface area contributed by atoms with Crippen LogP contribution in [0.3, 0.4) is 0 Å². The lowest BCUT2D eigenvalue weighted by molar-refractivity contribution is 0.195. The minimum absolute atomic E-state index is 0.187. The molecule has 1 aromatic heterocycles. The van der Waals surface area contributed by atoms with Crippen molar-refractivity contribution in [3.8, 4) is 0 Å². The molecule has 5 nitrogen and oxygen atoms in total. The number of nitrogens with one attached hydrogen (secondary N) is 1. The molecule has 19 heavy (non-hydrogen) atoms. The number of rotatable bonds is 4. The lowest BCUT2D eigenvalue weighted by atomic mass is 10.2. The zero-order valence-electron chi connectivity index (χ0n) is 10.5. The highest BCUT2D eigenvalue weighted by Crippen LogP contribution is 2.23. The molecule has 0 fully saturated rings. The predicted molar refractivity (Wildman–Crippen MR) is 74.7 cm³/mol. The van der Waals surface area contributed by atoms with Crippen LogP contribution in [-0.4, -0.2) is 18.5 Å². The molecule has 0 aliphatic carbocycles. The zero-order valence-corrected chi connectivity index (χ0v) is 12.1. The summed E-state index contributed by atoms with van der Waals surface area (Å²) in [5, 5.41) is 11.2. The van der Waals surface area contributed by atoms with Gasteiger partial charge in [0, 0.05) is 5.38 Å². The molecule has 1 aromatic carbocycles. The van der Waals surface area contributed by atoms with Crippen molar-refractivity contribution in [1.29, 1.82) is 0 Å². The molecule has 0 amide bonds. The van der Waals surface area contributed by atoms with Crippen LogP contribution < -0.4 is 4.72 Å². The van der Waals surface area contributed by atoms with E-state index in [1.54, 1.807) is 36.6 Å². The standard InChI is InChI=1S/C12H14N2O3S2/c1-8-3-5-10(6-4-8)19(16,17)14-12-13-11(7-18-12)9(2)15/h3-7,9,15H,1-2H3,(H,13,14). The highest BCUT2D eigenvalue weighted by atomic mass is 32.2. The summed E-state index contributed by atoms with van der Waals surface area (Å²) in [4.78, 5) is 4.20. The van der Waals surface area contributed by atoms with E-state index >= 15 is 0 Å². The topological polar surface area (TPSA) is 79.3 Å². The predicted octanol–water partition coefficient (Wildman–Crippen LogP) is 2.31. The summed E-state index contributed by atoms with van der Waals surface area (Å²) in [6, 6.07) is 6.55. The zero-order chi connectivity index (χ0) is 14.0. The van der Waals surface area contributed by atoms with Crippen molar-refractivity contribution in [3.63, 3.8) is 0 Å². The summed E-state index contributed by atoms with van der Waals surface area (Å²) in [7, 11) is -3.63. The fourth-order valence-corrected chi connectivity index (χ4v) is 3.47. The summed E-state index contributed by atoms with van der Waals surface area (Å²) >= 11 is 1.14. The smallest absolute Gasteiger partial charge is 0.263 e. The molecule has 1 unspecified atom stereocenters. The van der Waals surface area contributed by atoms with Crippen molar-refractivity contribution in [2.45, 2.75) is 24.8 Å². The van der Waals surface area contributed by atoms with Gasteiger partial charge in [0.25, 0.3) is 10.0 Å². The number of nitrogens with zero attached hydrogens (tertiary/aromatic N) is 1. The molecule has 7 heteroatoms. The van der Waals surface area contributed by atoms with Gasteiger partial charge in [-0.1, -0.05) is 17.7 Å². The lowest BCUT2D eigenvalue weighted by Crippen LogP contribution is -2.12. The minimum atomic E-state index is -3.63. The van der Waals surface area contributed by atoms with Gasteiger partial charge in [0.05, 0.1) is 16.7 Å². The molecule has 0 saturated carbocycles. The molecule has 1 heterocycles. The van der Waals surface area contributed by atoms with Gasteiger partial charge in [-0.15, -0.1) is 11.3 Å². The number of aryl methyl sites for hydroxylation is 1. The van der Waals surface area contributed by atoms with Crippen LogP contribution in [0.15, 0.2) is 34.5 Å². The maximum Gasteiger partial charge on any atom is 0.263 e. The monoisotopic (exact) mass is 298 g/mol. The molecule has 2 N–H and O–H groups in total. The van der Waals surface area contributed by atoms with E-state index in [0.717, 1.165) is 16.9 Å². The highest BCUT2D eigenvalue weighted by molar-refractivity contribution is 7.93. The third kappa shape index (κ3) is 3.31. The first-order valence-electron chi connectivity index (χ1n) is 5.61. The Kier molecular flexibility index (Phi) is 3.88. The summed E-state index contributed by atoms with van der Waals surface area (Å²) in [5.74, 6) is 0. The quantitative estimate of drug-likeness (QED) is 0.907. The average molecular weight is 298 g/mol. The summed E-state index contributed by atoms with van der Waals surface area (Å²) in [5.41, 5.74) is 1.44. The molecule has 2 aromatic rings. The van der Waals surface area contributed by atoms with Crippen LogP contribution >= 0.6 is 11.3 Å². The van der Waals surface area contributed by atoms with Gasteiger partial charge in [0.1, 0.15) is 0 Å². The van der Waals surface area contributed by atoms with Crippen LogP contribution in [-0.2, 0) is 10.0 Å². The van der Waals surface area contributed by atoms with E-state index in [1.165, 1.54) is 0 Å². The SMILES string of the molecule is Cc1ccc(S(=O)(=O)Nc2nc(C(C)O)cs2)cc1. The van der Waals surface area contributed by atoms with Crippen LogP contribution in [0.5, 0.6) is 0 Å². The summed E-state index contributed by atoms with van der Waals surface area (Å²) < 4.78 is 26.6. The van der Waals surface area contributed by atoms with Crippen LogP contribution in [0.4, 0.5) is 5.13 Å². The van der Waals surface area contributed by atoms with E-state index in [0.29, 0.717) is 5.69 Å². The molecular formula is C12H14N2O3S2. The molecule has 102 valence electrons. The maximum atomic E-state index is 12.1. The number of hydrogen-bond acceptors (Lipinski definition) is 5. The third-order valence-electron chi connectivity index (χ3n) is 2.50. The Morgan fingerprint density at radius 3 is 2.47 bits per heavy atom. The second kappa shape index (κ2) is 5.28. The van der Waals surface area contributed by atoms with Crippen molar-refractivity contribution in [2.24, 2.45) is 0 Å². The number of hydrogen-bond donors (Lipinski definition) is 2. The largest absolute Gasteiger partial charge is 0.387 e. The van der Waals surface area contributed by atoms with E-state index in [1.807, 2.05) is 6.92 Å². The number of anilines is 1. The summed E-state index contributed by atoms with van der Waals surface area (Å²) in [6.07, 6.45) is -0.714. The first kappa shape index (κ1) is 14.0. The molecule has 2 rings (SSSR count). The van der Waals surface area contributed by atoms with E-state index in [2.05, 4.69) is 9.71 Å². The Labute approximate surface area is 116 Å². The Morgan fingerprint density at radius 2 is 1.95 bits per heavy atom. The maximum absolute atomic E-state index is 12.1. The first-order valence-corrected chi connectivity index (χ1v) is 7.98. The third-order valence-corrected chi connectivity index (χ3v) is 4.76. The molecule has 0 aliphatic heterocycles. The van der Waals surface area contributed by atoms with Crippen molar-refractivity contribution < 1.29 is 13.5 Å². The van der Waals surface area contributed by atoms with E-state index in [4.69, 9.17) is 0 Å². The molecule has 0 spiro atoms. The van der Waals surface area contributed by atoms with Crippen LogP contribution in [0.2, 0.25) is 0 Å². The fourth-order valence-electron chi connectivity index (χ4n) is 1.42. The van der Waals surface area contributed by atoms with Crippen LogP contribution in [0.1, 0.15) is 24.3 Å². The van der Waals surface area contributed by atoms with Gasteiger partial charge in [-0.05, 0) is 26.0 Å². The molecule has 0 saturated heterocycles. The van der Waals surface area contributed by atoms with Gasteiger partial charge < -0.3 is 5.11 Å². The van der Waals surface area contributed by atoms with Gasteiger partial charge >= 0.3 is 0 Å². The normalized spacial score (nSPS) is 13.2. The lowest BCUT2D eigenvalue weighted by Gasteiger charge is -2.05. The average Bonchev–Trinajstić information content (AvgIpc) is 2.77. The van der Waals surface area contributed by atoms with Gasteiger partial charge in [-0.25, -0.2) is 13.4 Å². The second-order valence-corrected chi connectivity index (χ2v) is 6.71. The van der Waals surface area contributed by atoms with E-state index in [-0.39, 0.29) is 10.0 Å². The van der Waals surface area contributed by atoms with Crippen molar-refractivity contribution in [3.05, 3.63) is 40.9 Å². The van der Waals surface area contributed by atoms with Crippen LogP contribution in [0.25, 0.3) is 0 Å². The van der Waals surface area contributed by atoms with Crippen molar-refractivity contribution >= 4 is 26.5 Å². The highest BCUT2D eigenvalue weighted by Gasteiger charge is 2.16. The first-order chi connectivity index (χ1) is 8.88. The van der Waals surface area contributed by atoms with Gasteiger partial charge in [0.2, 0.25) is 0 Å². The Hall–Kier alpha value is -1.44. The van der Waals surface area contributed by atoms with Crippen molar-refractivity contribution in [1.82, 2.24) is 4.98 Å². The van der Waals surface area contributed by atoms with Gasteiger partial charge in [-0.3, -0.25) is 4.72 Å².